The number of hydrogen-bond donors (Lipinski definition) is 3. The van der Waals surface area contributed by atoms with E-state index in [1.807, 2.05) is 14.1 Å². The van der Waals surface area contributed by atoms with Gasteiger partial charge in [-0.25, -0.2) is 0 Å². The van der Waals surface area contributed by atoms with Crippen molar-refractivity contribution in [2.45, 2.75) is 19.8 Å². The number of hydrogen-bond acceptors (Lipinski definition) is 2. The highest BCUT2D eigenvalue weighted by Crippen LogP contribution is 1.99. The fraction of sp³-hybridized carbons (Fsp3) is 0.750. The molecule has 0 atom stereocenters. The summed E-state index contributed by atoms with van der Waals surface area (Å²) in [6.07, 6.45) is 1.83. The highest BCUT2D eigenvalue weighted by atomic mass is 16.2. The van der Waals surface area contributed by atoms with Gasteiger partial charge < -0.3 is 20.0 Å². The van der Waals surface area contributed by atoms with Crippen LogP contribution in [0.3, 0.4) is 0 Å². The van der Waals surface area contributed by atoms with Crippen molar-refractivity contribution in [2.75, 3.05) is 60.9 Å². The van der Waals surface area contributed by atoms with Crippen molar-refractivity contribution >= 4 is 11.8 Å². The largest absolute Gasteiger partial charge is 0.352 e. The summed E-state index contributed by atoms with van der Waals surface area (Å²) in [6, 6.07) is 0. The van der Waals surface area contributed by atoms with Gasteiger partial charge in [0.05, 0.1) is 41.3 Å². The Bertz CT molecular complexity index is 378. The lowest BCUT2D eigenvalue weighted by Gasteiger charge is -2.29. The second-order valence-electron chi connectivity index (χ2n) is 6.87. The molecule has 128 valence electrons. The van der Waals surface area contributed by atoms with E-state index in [2.05, 4.69) is 31.3 Å². The van der Waals surface area contributed by atoms with Gasteiger partial charge in [-0.15, -0.1) is 0 Å². The fourth-order valence-corrected chi connectivity index (χ4v) is 2.05. The Morgan fingerprint density at radius 1 is 1.09 bits per heavy atom. The van der Waals surface area contributed by atoms with Crippen LogP contribution in [0.4, 0.5) is 0 Å². The van der Waals surface area contributed by atoms with Crippen molar-refractivity contribution in [3.63, 3.8) is 0 Å². The van der Waals surface area contributed by atoms with E-state index in [0.717, 1.165) is 32.5 Å². The van der Waals surface area contributed by atoms with Gasteiger partial charge in [-0.1, -0.05) is 6.58 Å². The zero-order chi connectivity index (χ0) is 17.2. The van der Waals surface area contributed by atoms with Gasteiger partial charge >= 0.3 is 0 Å². The van der Waals surface area contributed by atoms with Crippen LogP contribution in [0, 0.1) is 0 Å². The van der Waals surface area contributed by atoms with E-state index in [-0.39, 0.29) is 11.8 Å². The third-order valence-electron chi connectivity index (χ3n) is 3.36. The van der Waals surface area contributed by atoms with Crippen molar-refractivity contribution in [3.8, 4) is 0 Å². The SMILES string of the molecule is C=C(C)C(=O)NCCC[N+](C)(C)CC(=O)NCCC[NH+](C)C. The molecule has 6 heteroatoms. The molecule has 0 aromatic heterocycles. The number of carbonyl (C=O) groups excluding carboxylic acids is 2. The Morgan fingerprint density at radius 3 is 2.23 bits per heavy atom. The molecule has 3 N–H and O–H groups in total. The van der Waals surface area contributed by atoms with Crippen LogP contribution in [0.5, 0.6) is 0 Å². The van der Waals surface area contributed by atoms with E-state index < -0.39 is 0 Å². The molecule has 0 aliphatic heterocycles. The number of amides is 2. The van der Waals surface area contributed by atoms with E-state index in [1.165, 1.54) is 4.90 Å². The zero-order valence-electron chi connectivity index (χ0n) is 14.9. The first-order chi connectivity index (χ1) is 10.1. The monoisotopic (exact) mass is 314 g/mol. The summed E-state index contributed by atoms with van der Waals surface area (Å²) in [5.74, 6) is -0.0178. The highest BCUT2D eigenvalue weighted by Gasteiger charge is 2.19. The summed E-state index contributed by atoms with van der Waals surface area (Å²) in [7, 11) is 8.27. The smallest absolute Gasteiger partial charge is 0.275 e. The Labute approximate surface area is 135 Å². The zero-order valence-corrected chi connectivity index (χ0v) is 14.9. The van der Waals surface area contributed by atoms with Gasteiger partial charge in [0, 0.05) is 31.5 Å². The Morgan fingerprint density at radius 2 is 1.68 bits per heavy atom. The summed E-state index contributed by atoms with van der Waals surface area (Å²) >= 11 is 0. The van der Waals surface area contributed by atoms with Crippen LogP contribution < -0.4 is 15.5 Å². The van der Waals surface area contributed by atoms with E-state index in [1.54, 1.807) is 6.92 Å². The number of carbonyl (C=O) groups is 2. The first-order valence-electron chi connectivity index (χ1n) is 7.95. The molecule has 0 aromatic carbocycles. The van der Waals surface area contributed by atoms with Gasteiger partial charge in [-0.2, -0.15) is 0 Å². The van der Waals surface area contributed by atoms with E-state index >= 15 is 0 Å². The second-order valence-corrected chi connectivity index (χ2v) is 6.87. The van der Waals surface area contributed by atoms with Gasteiger partial charge in [0.2, 0.25) is 5.91 Å². The third-order valence-corrected chi connectivity index (χ3v) is 3.36. The molecule has 22 heavy (non-hydrogen) atoms. The van der Waals surface area contributed by atoms with Crippen LogP contribution >= 0.6 is 0 Å². The average molecular weight is 314 g/mol. The summed E-state index contributed by atoms with van der Waals surface area (Å²) in [5, 5.41) is 5.78. The second kappa shape index (κ2) is 10.3. The summed E-state index contributed by atoms with van der Waals surface area (Å²) in [5.41, 5.74) is 0.521. The van der Waals surface area contributed by atoms with E-state index in [4.69, 9.17) is 0 Å². The van der Waals surface area contributed by atoms with E-state index in [9.17, 15) is 9.59 Å². The summed E-state index contributed by atoms with van der Waals surface area (Å²) < 4.78 is 0.619. The van der Waals surface area contributed by atoms with Crippen molar-refractivity contribution in [1.82, 2.24) is 10.6 Å². The standard InChI is InChI=1S/C16H32N4O2/c1-14(2)16(22)18-10-8-12-20(5,6)13-15(21)17-9-7-11-19(3)4/h1,7-13H2,2-6H3,(H-,17,18,21,22)/p+2. The molecule has 0 spiro atoms. The maximum Gasteiger partial charge on any atom is 0.275 e. The molecule has 0 saturated carbocycles. The molecular formula is C16H34N4O2+2. The highest BCUT2D eigenvalue weighted by molar-refractivity contribution is 5.91. The molecule has 0 aliphatic carbocycles. The van der Waals surface area contributed by atoms with Crippen molar-refractivity contribution in [1.29, 1.82) is 0 Å². The van der Waals surface area contributed by atoms with Crippen LogP contribution in [0.1, 0.15) is 19.8 Å². The summed E-state index contributed by atoms with van der Waals surface area (Å²) in [4.78, 5) is 24.7. The predicted octanol–water partition coefficient (Wildman–Crippen LogP) is -1.20. The molecule has 0 bridgehead atoms. The van der Waals surface area contributed by atoms with Gasteiger partial charge in [0.15, 0.2) is 6.54 Å². The molecule has 0 fully saturated rings. The number of quaternary nitrogens is 2. The Balaban J connectivity index is 3.85. The van der Waals surface area contributed by atoms with Crippen molar-refractivity contribution < 1.29 is 19.0 Å². The topological polar surface area (TPSA) is 62.6 Å². The molecule has 0 aromatic rings. The normalized spacial score (nSPS) is 11.4. The molecule has 0 rings (SSSR count). The minimum atomic E-state index is -0.105. The van der Waals surface area contributed by atoms with Gasteiger partial charge in [0.1, 0.15) is 0 Å². The Hall–Kier alpha value is -1.40. The minimum Gasteiger partial charge on any atom is -0.352 e. The molecular weight excluding hydrogens is 280 g/mol. The van der Waals surface area contributed by atoms with Crippen molar-refractivity contribution in [3.05, 3.63) is 12.2 Å². The van der Waals surface area contributed by atoms with Crippen LogP contribution in [0.15, 0.2) is 12.2 Å². The first-order valence-corrected chi connectivity index (χ1v) is 7.95. The summed E-state index contributed by atoms with van der Waals surface area (Å²) in [6.45, 7) is 8.99. The molecule has 6 nitrogen and oxygen atoms in total. The minimum absolute atomic E-state index is 0.0877. The van der Waals surface area contributed by atoms with Crippen LogP contribution in [-0.2, 0) is 9.59 Å². The lowest BCUT2D eigenvalue weighted by Crippen LogP contribution is -3.05. The average Bonchev–Trinajstić information content (AvgIpc) is 2.38. The lowest BCUT2D eigenvalue weighted by molar-refractivity contribution is -0.882. The van der Waals surface area contributed by atoms with Crippen LogP contribution in [0.2, 0.25) is 0 Å². The van der Waals surface area contributed by atoms with Crippen molar-refractivity contribution in [2.24, 2.45) is 0 Å². The molecule has 0 aliphatic rings. The predicted molar refractivity (Wildman–Crippen MR) is 89.6 cm³/mol. The maximum atomic E-state index is 11.9. The molecule has 2 amide bonds. The van der Waals surface area contributed by atoms with Gasteiger partial charge in [-0.05, 0) is 6.92 Å². The third kappa shape index (κ3) is 11.3. The number of rotatable bonds is 11. The lowest BCUT2D eigenvalue weighted by atomic mass is 10.3. The molecule has 0 heterocycles. The fourth-order valence-electron chi connectivity index (χ4n) is 2.05. The molecule has 0 unspecified atom stereocenters. The van der Waals surface area contributed by atoms with Gasteiger partial charge in [-0.3, -0.25) is 9.59 Å². The maximum absolute atomic E-state index is 11.9. The first kappa shape index (κ1) is 20.6. The molecule has 0 saturated heterocycles. The molecule has 0 radical (unpaired) electrons. The number of nitrogens with one attached hydrogen (secondary N) is 3. The Kier molecular flexibility index (Phi) is 9.69. The van der Waals surface area contributed by atoms with E-state index in [0.29, 0.717) is 23.1 Å². The number of likely N-dealkylation sites (N-methyl/N-ethyl adjacent to an activating group) is 1. The van der Waals surface area contributed by atoms with Gasteiger partial charge in [0.25, 0.3) is 5.91 Å². The number of nitrogens with zero attached hydrogens (tertiary/aromatic N) is 1. The quantitative estimate of drug-likeness (QED) is 0.255. The van der Waals surface area contributed by atoms with Crippen LogP contribution in [0.25, 0.3) is 0 Å². The van der Waals surface area contributed by atoms with Crippen LogP contribution in [-0.4, -0.2) is 77.2 Å².